The molecule has 0 amide bonds. The first-order chi connectivity index (χ1) is 32.0. The Kier molecular flexibility index (Phi) is 23.4. The van der Waals surface area contributed by atoms with Crippen molar-refractivity contribution in [3.05, 3.63) is 0 Å². The summed E-state index contributed by atoms with van der Waals surface area (Å²) in [4.78, 5) is 44.5. The Labute approximate surface area is 412 Å². The Hall–Kier alpha value is -2.40. The molecule has 0 aromatic carbocycles. The van der Waals surface area contributed by atoms with Crippen LogP contribution in [0.4, 0.5) is 0 Å². The topological polar surface area (TPSA) is 207 Å². The van der Waals surface area contributed by atoms with Crippen LogP contribution < -0.4 is 0 Å². The van der Waals surface area contributed by atoms with Gasteiger partial charge in [0.25, 0.3) is 0 Å². The summed E-state index contributed by atoms with van der Waals surface area (Å²) < 4.78 is 88.3. The minimum absolute atomic E-state index is 0. The second-order valence-electron chi connectivity index (χ2n) is 19.0. The fourth-order valence-electron chi connectivity index (χ4n) is 8.46. The van der Waals surface area contributed by atoms with Crippen LogP contribution in [0.15, 0.2) is 0 Å². The van der Waals surface area contributed by atoms with Crippen molar-refractivity contribution in [2.24, 2.45) is 0 Å². The summed E-state index contributed by atoms with van der Waals surface area (Å²) in [6.45, 7) is 29.1. The van der Waals surface area contributed by atoms with Crippen LogP contribution in [0.25, 0.3) is 0 Å². The summed E-state index contributed by atoms with van der Waals surface area (Å²) in [5.41, 5.74) is 0. The van der Waals surface area contributed by atoms with Crippen molar-refractivity contribution in [1.82, 2.24) is 0 Å². The van der Waals surface area contributed by atoms with E-state index in [1.807, 2.05) is 48.5 Å². The van der Waals surface area contributed by atoms with Crippen molar-refractivity contribution in [2.75, 3.05) is 46.2 Å². The second kappa shape index (κ2) is 26.5. The third-order valence-electron chi connectivity index (χ3n) is 13.2. The molecular formula is C50H89O19+. The number of Topliss-reactive ketones (excluding diaryl/α,β-unsaturated/α-hetero) is 1. The van der Waals surface area contributed by atoms with E-state index in [1.165, 1.54) is 6.92 Å². The number of rotatable bonds is 20. The van der Waals surface area contributed by atoms with Crippen molar-refractivity contribution >= 4 is 23.7 Å². The van der Waals surface area contributed by atoms with Gasteiger partial charge in [0, 0.05) is 19.3 Å². The fraction of sp³-hybridized carbons (Fsp3) is 0.920. The van der Waals surface area contributed by atoms with Crippen molar-refractivity contribution in [1.29, 1.82) is 0 Å². The van der Waals surface area contributed by atoms with E-state index >= 15 is 0 Å². The first kappa shape index (κ1) is 60.9. The lowest BCUT2D eigenvalue weighted by Crippen LogP contribution is -2.45. The van der Waals surface area contributed by atoms with Crippen molar-refractivity contribution in [3.63, 3.8) is 0 Å². The van der Waals surface area contributed by atoms with Gasteiger partial charge in [-0.05, 0) is 94.9 Å². The molecule has 0 spiro atoms. The minimum atomic E-state index is -0.919. The highest BCUT2D eigenvalue weighted by molar-refractivity contribution is 5.80. The highest BCUT2D eigenvalue weighted by Gasteiger charge is 2.58. The summed E-state index contributed by atoms with van der Waals surface area (Å²) >= 11 is 0. The lowest BCUT2D eigenvalue weighted by molar-refractivity contribution is -0.195. The average Bonchev–Trinajstić information content (AvgIpc) is 4.17. The van der Waals surface area contributed by atoms with Gasteiger partial charge in [0.05, 0.1) is 65.5 Å². The molecule has 19 nitrogen and oxygen atoms in total. The molecule has 0 aromatic heterocycles. The van der Waals surface area contributed by atoms with E-state index in [0.29, 0.717) is 71.9 Å². The van der Waals surface area contributed by atoms with Crippen molar-refractivity contribution in [3.8, 4) is 0 Å². The van der Waals surface area contributed by atoms with Gasteiger partial charge < -0.3 is 75.8 Å². The highest BCUT2D eigenvalue weighted by Crippen LogP contribution is 2.44. The quantitative estimate of drug-likeness (QED) is 0.0855. The summed E-state index contributed by atoms with van der Waals surface area (Å²) in [6, 6.07) is 0. The van der Waals surface area contributed by atoms with Gasteiger partial charge in [-0.25, -0.2) is 0 Å². The molecule has 6 aliphatic rings. The van der Waals surface area contributed by atoms with E-state index in [1.54, 1.807) is 20.8 Å². The first-order valence-electron chi connectivity index (χ1n) is 24.9. The number of ether oxygens (including phenoxy) is 15. The molecule has 69 heavy (non-hydrogen) atoms. The van der Waals surface area contributed by atoms with Gasteiger partial charge in [-0.2, -0.15) is 0 Å². The van der Waals surface area contributed by atoms with Crippen molar-refractivity contribution < 1.29 is 91.7 Å². The minimum Gasteiger partial charge on any atom is -0.466 e. The van der Waals surface area contributed by atoms with E-state index in [2.05, 4.69) is 25.5 Å². The zero-order valence-electron chi connectivity index (χ0n) is 44.4. The SMILES string of the molecule is C.CCC1(C)OCC(C2OC(C)(CC)OC2C2COC(C)(CC)O2)O1.CCOC(=O)CCC(C)=O.CCOC(=O)CCC1(C)OCC(C2OC(C)(CC)OC2C2COC(C)(CCC(=O)OCC)O2)O1.[H+]. The lowest BCUT2D eigenvalue weighted by atomic mass is 10.0. The van der Waals surface area contributed by atoms with Gasteiger partial charge in [-0.3, -0.25) is 14.4 Å². The zero-order valence-corrected chi connectivity index (χ0v) is 43.4. The highest BCUT2D eigenvalue weighted by atomic mass is 16.8. The summed E-state index contributed by atoms with van der Waals surface area (Å²) in [5.74, 6) is -5.19. The zero-order chi connectivity index (χ0) is 50.6. The molecular weight excluding hydrogens is 905 g/mol. The van der Waals surface area contributed by atoms with Gasteiger partial charge in [-0.15, -0.1) is 0 Å². The second-order valence-corrected chi connectivity index (χ2v) is 19.0. The first-order valence-corrected chi connectivity index (χ1v) is 24.9. The molecule has 6 heterocycles. The molecule has 0 aromatic rings. The molecule has 19 heteroatoms. The molecule has 12 unspecified atom stereocenters. The molecule has 0 bridgehead atoms. The lowest BCUT2D eigenvalue weighted by Gasteiger charge is -2.28. The molecule has 6 rings (SSSR count). The molecule has 12 atom stereocenters. The number of carbonyl (C=O) groups is 4. The van der Waals surface area contributed by atoms with Gasteiger partial charge in [-0.1, -0.05) is 35.1 Å². The van der Waals surface area contributed by atoms with Gasteiger partial charge in [0.2, 0.25) is 0 Å². The molecule has 6 fully saturated rings. The molecule has 0 aliphatic carbocycles. The predicted octanol–water partition coefficient (Wildman–Crippen LogP) is 7.49. The van der Waals surface area contributed by atoms with Crippen LogP contribution in [-0.4, -0.2) is 153 Å². The van der Waals surface area contributed by atoms with Crippen molar-refractivity contribution in [2.45, 2.75) is 252 Å². The predicted molar refractivity (Wildman–Crippen MR) is 251 cm³/mol. The Bertz CT molecular complexity index is 1550. The van der Waals surface area contributed by atoms with Crippen LogP contribution in [0.5, 0.6) is 0 Å². The van der Waals surface area contributed by atoms with Gasteiger partial charge in [0.15, 0.2) is 34.7 Å². The standard InChI is InChI=1S/C24H40O10.C18H32O6.C7H12O3.CH4/c1-7-22(4)33-20(16-14-29-23(5,31-16)12-10-18(25)27-8-2)21(34-22)17-15-30-24(6,32-17)13-11-19(26)28-9-3;1-7-16(4)19-10-12(21-16)14-15(24-18(6,9-3)23-14)13-11-20-17(5,8-2)22-13;1-3-10-7(9)5-4-6(2)8;/h16-17,20-21H,7-15H2,1-6H3;12-15H,7-11H2,1-6H3;3-5H2,1-2H3;1H4/p+1. The average molecular weight is 994 g/mol. The Morgan fingerprint density at radius 1 is 0.406 bits per heavy atom. The van der Waals surface area contributed by atoms with Gasteiger partial charge in [0.1, 0.15) is 54.6 Å². The molecule has 6 aliphatic heterocycles. The van der Waals surface area contributed by atoms with Crippen LogP contribution in [0.3, 0.4) is 0 Å². The largest absolute Gasteiger partial charge is 1.00 e. The van der Waals surface area contributed by atoms with E-state index in [9.17, 15) is 19.2 Å². The summed E-state index contributed by atoms with van der Waals surface area (Å²) in [5, 5.41) is 0. The Morgan fingerprint density at radius 3 is 0.913 bits per heavy atom. The third kappa shape index (κ3) is 17.4. The Morgan fingerprint density at radius 2 is 0.667 bits per heavy atom. The summed E-state index contributed by atoms with van der Waals surface area (Å²) in [7, 11) is 0. The number of carbonyl (C=O) groups excluding carboxylic acids is 4. The number of esters is 3. The number of ketones is 1. The molecule has 0 N–H and O–H groups in total. The molecule has 0 saturated carbocycles. The van der Waals surface area contributed by atoms with Crippen LogP contribution in [0, 0.1) is 0 Å². The van der Waals surface area contributed by atoms with Crippen LogP contribution in [0.1, 0.15) is 170 Å². The fourth-order valence-corrected chi connectivity index (χ4v) is 8.46. The van der Waals surface area contributed by atoms with Crippen LogP contribution in [-0.2, 0) is 90.2 Å². The van der Waals surface area contributed by atoms with E-state index in [0.717, 1.165) is 19.3 Å². The van der Waals surface area contributed by atoms with E-state index in [4.69, 9.17) is 66.3 Å². The Balaban J connectivity index is 0.000000406. The number of hydrogen-bond donors (Lipinski definition) is 0. The van der Waals surface area contributed by atoms with Crippen LogP contribution in [0.2, 0.25) is 0 Å². The normalized spacial score (nSPS) is 39.2. The smallest absolute Gasteiger partial charge is 0.466 e. The third-order valence-corrected chi connectivity index (χ3v) is 13.2. The molecule has 6 saturated heterocycles. The summed E-state index contributed by atoms with van der Waals surface area (Å²) in [6.07, 6.45) is 2.17. The maximum absolute atomic E-state index is 11.8. The molecule has 402 valence electrons. The maximum atomic E-state index is 11.8. The van der Waals surface area contributed by atoms with Gasteiger partial charge >= 0.3 is 19.3 Å². The molecule has 0 radical (unpaired) electrons. The maximum Gasteiger partial charge on any atom is 1.00 e. The van der Waals surface area contributed by atoms with E-state index < -0.39 is 59.1 Å². The van der Waals surface area contributed by atoms with Crippen LogP contribution >= 0.6 is 0 Å². The number of hydrogen-bond acceptors (Lipinski definition) is 19. The monoisotopic (exact) mass is 994 g/mol. The van der Waals surface area contributed by atoms with E-state index in [-0.39, 0.29) is 76.2 Å².